The maximum absolute atomic E-state index is 13.5. The van der Waals surface area contributed by atoms with Gasteiger partial charge in [0.25, 0.3) is 0 Å². The van der Waals surface area contributed by atoms with Gasteiger partial charge in [0.1, 0.15) is 5.75 Å². The minimum Gasteiger partial charge on any atom is -0.425 e. The molecule has 3 aromatic carbocycles. The average molecular weight is 307 g/mol. The van der Waals surface area contributed by atoms with E-state index in [-0.39, 0.29) is 0 Å². The van der Waals surface area contributed by atoms with Crippen LogP contribution in [0.2, 0.25) is 0 Å². The Bertz CT molecular complexity index is 871. The molecule has 0 saturated heterocycles. The van der Waals surface area contributed by atoms with Crippen LogP contribution in [0.25, 0.3) is 11.1 Å². The summed E-state index contributed by atoms with van der Waals surface area (Å²) in [7, 11) is -3.21. The molecular weight excluding hydrogens is 293 g/mol. The number of rotatable bonds is 2. The highest BCUT2D eigenvalue weighted by atomic mass is 31.2. The van der Waals surface area contributed by atoms with E-state index >= 15 is 0 Å². The molecule has 0 saturated carbocycles. The highest BCUT2D eigenvalue weighted by molar-refractivity contribution is 7.69. The SMILES string of the molecule is O=P1(Nc2ccccc2)Oc2ccccc2-c2ccccc21. The summed E-state index contributed by atoms with van der Waals surface area (Å²) in [6.45, 7) is 0. The van der Waals surface area contributed by atoms with Gasteiger partial charge >= 0.3 is 7.52 Å². The Balaban J connectivity index is 1.87. The van der Waals surface area contributed by atoms with Crippen LogP contribution in [0.1, 0.15) is 0 Å². The molecule has 4 heteroatoms. The lowest BCUT2D eigenvalue weighted by Gasteiger charge is -2.29. The second kappa shape index (κ2) is 5.04. The first-order valence-corrected chi connectivity index (χ1v) is 8.71. The monoisotopic (exact) mass is 307 g/mol. The van der Waals surface area contributed by atoms with Crippen LogP contribution in [0.4, 0.5) is 5.69 Å². The van der Waals surface area contributed by atoms with Gasteiger partial charge in [0.05, 0.1) is 5.30 Å². The number of hydrogen-bond donors (Lipinski definition) is 1. The minimum atomic E-state index is -3.21. The molecule has 108 valence electrons. The van der Waals surface area contributed by atoms with Crippen LogP contribution < -0.4 is 14.9 Å². The van der Waals surface area contributed by atoms with Crippen molar-refractivity contribution < 1.29 is 9.09 Å². The minimum absolute atomic E-state index is 0.646. The first-order valence-electron chi connectivity index (χ1n) is 7.08. The van der Waals surface area contributed by atoms with Crippen molar-refractivity contribution in [1.82, 2.24) is 0 Å². The van der Waals surface area contributed by atoms with E-state index in [1.807, 2.05) is 78.9 Å². The maximum atomic E-state index is 13.5. The maximum Gasteiger partial charge on any atom is 0.372 e. The smallest absolute Gasteiger partial charge is 0.372 e. The normalized spacial score (nSPS) is 18.7. The molecule has 1 aliphatic rings. The lowest BCUT2D eigenvalue weighted by atomic mass is 10.0. The fourth-order valence-corrected chi connectivity index (χ4v) is 4.66. The van der Waals surface area contributed by atoms with E-state index in [4.69, 9.17) is 4.52 Å². The van der Waals surface area contributed by atoms with Crippen molar-refractivity contribution >= 4 is 18.5 Å². The van der Waals surface area contributed by atoms with E-state index in [0.29, 0.717) is 11.1 Å². The van der Waals surface area contributed by atoms with Crippen LogP contribution >= 0.6 is 7.52 Å². The summed E-state index contributed by atoms with van der Waals surface area (Å²) in [5.41, 5.74) is 2.70. The van der Waals surface area contributed by atoms with Crippen molar-refractivity contribution in [2.24, 2.45) is 0 Å². The molecule has 3 nitrogen and oxygen atoms in total. The predicted molar refractivity (Wildman–Crippen MR) is 89.8 cm³/mol. The van der Waals surface area contributed by atoms with Gasteiger partial charge in [-0.1, -0.05) is 54.6 Å². The fraction of sp³-hybridized carbons (Fsp3) is 0. The molecule has 0 spiro atoms. The highest BCUT2D eigenvalue weighted by Gasteiger charge is 2.35. The molecule has 22 heavy (non-hydrogen) atoms. The summed E-state index contributed by atoms with van der Waals surface area (Å²) < 4.78 is 19.3. The number of nitrogens with one attached hydrogen (secondary N) is 1. The second-order valence-corrected chi connectivity index (χ2v) is 7.12. The summed E-state index contributed by atoms with van der Waals surface area (Å²) in [6.07, 6.45) is 0. The Morgan fingerprint density at radius 1 is 0.727 bits per heavy atom. The van der Waals surface area contributed by atoms with Crippen LogP contribution in [0.15, 0.2) is 78.9 Å². The fourth-order valence-electron chi connectivity index (χ4n) is 2.68. The summed E-state index contributed by atoms with van der Waals surface area (Å²) in [6, 6.07) is 24.9. The molecule has 0 radical (unpaired) electrons. The van der Waals surface area contributed by atoms with E-state index in [0.717, 1.165) is 16.8 Å². The standard InChI is InChI=1S/C18H14NO2P/c20-22(19-14-8-2-1-3-9-14)18-13-7-5-11-16(18)15-10-4-6-12-17(15)21-22/h1-13H,(H,19,20). The zero-order valence-corrected chi connectivity index (χ0v) is 12.7. The topological polar surface area (TPSA) is 38.3 Å². The van der Waals surface area contributed by atoms with Gasteiger partial charge in [-0.2, -0.15) is 0 Å². The van der Waals surface area contributed by atoms with Crippen molar-refractivity contribution in [3.8, 4) is 16.9 Å². The number of para-hydroxylation sites is 2. The number of benzene rings is 3. The summed E-state index contributed by atoms with van der Waals surface area (Å²) in [4.78, 5) is 0. The number of fused-ring (bicyclic) bond motifs is 3. The Labute approximate surface area is 129 Å². The van der Waals surface area contributed by atoms with Gasteiger partial charge in [-0.05, 0) is 24.3 Å². The van der Waals surface area contributed by atoms with Crippen molar-refractivity contribution in [1.29, 1.82) is 0 Å². The third kappa shape index (κ3) is 2.11. The zero-order chi connectivity index (χ0) is 15.0. The third-order valence-electron chi connectivity index (χ3n) is 3.68. The molecule has 1 aliphatic heterocycles. The Morgan fingerprint density at radius 2 is 1.36 bits per heavy atom. The van der Waals surface area contributed by atoms with Crippen LogP contribution in [0.5, 0.6) is 5.75 Å². The average Bonchev–Trinajstić information content (AvgIpc) is 2.56. The Kier molecular flexibility index (Phi) is 3.02. The van der Waals surface area contributed by atoms with Gasteiger partial charge < -0.3 is 9.61 Å². The van der Waals surface area contributed by atoms with E-state index in [1.54, 1.807) is 0 Å². The molecule has 1 atom stereocenters. The van der Waals surface area contributed by atoms with Gasteiger partial charge in [-0.15, -0.1) is 0 Å². The Morgan fingerprint density at radius 3 is 2.18 bits per heavy atom. The van der Waals surface area contributed by atoms with E-state index < -0.39 is 7.52 Å². The Hall–Kier alpha value is -2.51. The third-order valence-corrected chi connectivity index (χ3v) is 5.71. The molecule has 0 amide bonds. The predicted octanol–water partition coefficient (Wildman–Crippen LogP) is 4.68. The zero-order valence-electron chi connectivity index (χ0n) is 11.8. The second-order valence-electron chi connectivity index (χ2n) is 5.13. The molecule has 4 rings (SSSR count). The summed E-state index contributed by atoms with van der Waals surface area (Å²) in [5.74, 6) is 0.646. The number of hydrogen-bond acceptors (Lipinski definition) is 2. The van der Waals surface area contributed by atoms with E-state index in [9.17, 15) is 4.57 Å². The molecule has 3 aromatic rings. The molecule has 0 aliphatic carbocycles. The van der Waals surface area contributed by atoms with Crippen molar-refractivity contribution in [2.75, 3.05) is 5.09 Å². The number of anilines is 1. The molecule has 0 aromatic heterocycles. The molecule has 0 fully saturated rings. The van der Waals surface area contributed by atoms with Crippen LogP contribution in [0, 0.1) is 0 Å². The summed E-state index contributed by atoms with van der Waals surface area (Å²) in [5, 5.41) is 3.79. The first kappa shape index (κ1) is 13.2. The van der Waals surface area contributed by atoms with Crippen LogP contribution in [-0.4, -0.2) is 0 Å². The van der Waals surface area contributed by atoms with Crippen LogP contribution in [-0.2, 0) is 4.57 Å². The molecule has 0 bridgehead atoms. The summed E-state index contributed by atoms with van der Waals surface area (Å²) >= 11 is 0. The van der Waals surface area contributed by atoms with Gasteiger partial charge in [0.15, 0.2) is 0 Å². The largest absolute Gasteiger partial charge is 0.425 e. The molecule has 1 N–H and O–H groups in total. The lowest BCUT2D eigenvalue weighted by Crippen LogP contribution is -2.22. The van der Waals surface area contributed by atoms with Crippen molar-refractivity contribution in [3.05, 3.63) is 78.9 Å². The van der Waals surface area contributed by atoms with Crippen molar-refractivity contribution in [3.63, 3.8) is 0 Å². The molecule has 1 unspecified atom stereocenters. The van der Waals surface area contributed by atoms with E-state index in [2.05, 4.69) is 5.09 Å². The molecule has 1 heterocycles. The van der Waals surface area contributed by atoms with Gasteiger partial charge in [-0.3, -0.25) is 0 Å². The van der Waals surface area contributed by atoms with Crippen LogP contribution in [0.3, 0.4) is 0 Å². The van der Waals surface area contributed by atoms with Gasteiger partial charge in [0, 0.05) is 16.8 Å². The highest BCUT2D eigenvalue weighted by Crippen LogP contribution is 2.53. The molecular formula is C18H14NO2P. The lowest BCUT2D eigenvalue weighted by molar-refractivity contribution is 0.497. The first-order chi connectivity index (χ1) is 10.8. The van der Waals surface area contributed by atoms with Crippen molar-refractivity contribution in [2.45, 2.75) is 0 Å². The quantitative estimate of drug-likeness (QED) is 0.699. The van der Waals surface area contributed by atoms with Gasteiger partial charge in [0.2, 0.25) is 0 Å². The van der Waals surface area contributed by atoms with Gasteiger partial charge in [-0.25, -0.2) is 4.57 Å². The van der Waals surface area contributed by atoms with E-state index in [1.165, 1.54) is 0 Å².